The van der Waals surface area contributed by atoms with Gasteiger partial charge in [0, 0.05) is 30.9 Å². The number of aryl methyl sites for hydroxylation is 1. The van der Waals surface area contributed by atoms with Gasteiger partial charge in [0.25, 0.3) is 0 Å². The highest BCUT2D eigenvalue weighted by Crippen LogP contribution is 2.34. The molecule has 2 aliphatic heterocycles. The van der Waals surface area contributed by atoms with E-state index < -0.39 is 11.9 Å². The van der Waals surface area contributed by atoms with E-state index in [2.05, 4.69) is 20.2 Å². The fourth-order valence-corrected chi connectivity index (χ4v) is 4.29. The van der Waals surface area contributed by atoms with E-state index in [9.17, 15) is 13.2 Å². The highest BCUT2D eigenvalue weighted by atomic mass is 35.5. The minimum Gasteiger partial charge on any atom is -0.333 e. The number of halogens is 4. The van der Waals surface area contributed by atoms with Crippen molar-refractivity contribution in [1.82, 2.24) is 14.7 Å². The van der Waals surface area contributed by atoms with Gasteiger partial charge in [0.1, 0.15) is 11.5 Å². The fourth-order valence-electron chi connectivity index (χ4n) is 4.08. The molecule has 0 N–H and O–H groups in total. The Kier molecular flexibility index (Phi) is 4.73. The topological polar surface area (TPSA) is 58.1 Å². The Hall–Kier alpha value is -2.94. The van der Waals surface area contributed by atoms with Gasteiger partial charge in [-0.25, -0.2) is 4.98 Å². The monoisotopic (exact) mass is 446 g/mol. The van der Waals surface area contributed by atoms with Gasteiger partial charge in [-0.2, -0.15) is 28.5 Å². The number of benzene rings is 1. The Labute approximate surface area is 181 Å². The van der Waals surface area contributed by atoms with Crippen LogP contribution in [0.25, 0.3) is 11.4 Å². The molecule has 0 radical (unpaired) electrons. The number of hydrazone groups is 2. The van der Waals surface area contributed by atoms with Crippen LogP contribution in [0.5, 0.6) is 0 Å². The van der Waals surface area contributed by atoms with Crippen molar-refractivity contribution in [2.24, 2.45) is 22.2 Å². The third-order valence-corrected chi connectivity index (χ3v) is 5.86. The second-order valence-electron chi connectivity index (χ2n) is 7.68. The van der Waals surface area contributed by atoms with Gasteiger partial charge in [-0.05, 0) is 24.8 Å². The highest BCUT2D eigenvalue weighted by molar-refractivity contribution is 6.87. The molecular formula is C21H18ClF3N6. The van der Waals surface area contributed by atoms with Crippen LogP contribution >= 0.6 is 11.6 Å². The number of nitrogens with zero attached hydrogens (tertiary/aromatic N) is 6. The number of rotatable bonds is 3. The summed E-state index contributed by atoms with van der Waals surface area (Å²) in [6.07, 6.45) is -0.780. The molecule has 2 aromatic rings. The lowest BCUT2D eigenvalue weighted by Gasteiger charge is -2.22. The fraction of sp³-hybridized carbons (Fsp3) is 0.333. The molecule has 0 fully saturated rings. The van der Waals surface area contributed by atoms with Gasteiger partial charge in [-0.3, -0.25) is 4.99 Å². The van der Waals surface area contributed by atoms with E-state index in [1.54, 1.807) is 24.3 Å². The Bertz CT molecular complexity index is 1170. The Morgan fingerprint density at radius 2 is 1.84 bits per heavy atom. The molecule has 3 aliphatic rings. The zero-order chi connectivity index (χ0) is 21.8. The molecule has 0 unspecified atom stereocenters. The molecule has 0 saturated heterocycles. The lowest BCUT2D eigenvalue weighted by molar-refractivity contribution is -0.140. The molecule has 1 aliphatic carbocycles. The van der Waals surface area contributed by atoms with Crippen LogP contribution in [0.3, 0.4) is 0 Å². The summed E-state index contributed by atoms with van der Waals surface area (Å²) < 4.78 is 40.2. The van der Waals surface area contributed by atoms with E-state index >= 15 is 0 Å². The maximum absolute atomic E-state index is 12.9. The van der Waals surface area contributed by atoms with Crippen LogP contribution in [0.15, 0.2) is 56.8 Å². The summed E-state index contributed by atoms with van der Waals surface area (Å²) in [7, 11) is 1.55. The number of alkyl halides is 3. The van der Waals surface area contributed by atoms with Gasteiger partial charge in [-0.1, -0.05) is 41.4 Å². The molecule has 6 nitrogen and oxygen atoms in total. The maximum atomic E-state index is 12.9. The number of allylic oxidation sites excluding steroid dienone is 1. The van der Waals surface area contributed by atoms with Crippen LogP contribution in [0.4, 0.5) is 13.2 Å². The molecule has 10 heteroatoms. The molecule has 3 heterocycles. The summed E-state index contributed by atoms with van der Waals surface area (Å²) in [6.45, 7) is 1.07. The van der Waals surface area contributed by atoms with Crippen LogP contribution < -0.4 is 0 Å². The van der Waals surface area contributed by atoms with E-state index in [0.29, 0.717) is 29.5 Å². The van der Waals surface area contributed by atoms with Gasteiger partial charge in [0.15, 0.2) is 10.9 Å². The van der Waals surface area contributed by atoms with Crippen molar-refractivity contribution in [3.63, 3.8) is 0 Å². The molecule has 1 aromatic heterocycles. The average molecular weight is 447 g/mol. The summed E-state index contributed by atoms with van der Waals surface area (Å²) >= 11 is 6.37. The van der Waals surface area contributed by atoms with Crippen LogP contribution in [0.1, 0.15) is 30.5 Å². The number of aromatic nitrogens is 2. The minimum atomic E-state index is -4.47. The Balaban J connectivity index is 1.39. The van der Waals surface area contributed by atoms with Crippen molar-refractivity contribution >= 4 is 28.2 Å². The van der Waals surface area contributed by atoms with Gasteiger partial charge in [0.2, 0.25) is 0 Å². The van der Waals surface area contributed by atoms with Crippen molar-refractivity contribution < 1.29 is 13.2 Å². The van der Waals surface area contributed by atoms with Crippen molar-refractivity contribution in [2.75, 3.05) is 6.54 Å². The van der Waals surface area contributed by atoms with Crippen LogP contribution in [0.2, 0.25) is 0 Å². The second-order valence-corrected chi connectivity index (χ2v) is 8.04. The largest absolute Gasteiger partial charge is 0.434 e. The predicted octanol–water partition coefficient (Wildman–Crippen LogP) is 4.76. The predicted molar refractivity (Wildman–Crippen MR) is 113 cm³/mol. The van der Waals surface area contributed by atoms with Crippen molar-refractivity contribution in [3.8, 4) is 11.4 Å². The first-order valence-corrected chi connectivity index (χ1v) is 10.2. The highest BCUT2D eigenvalue weighted by Gasteiger charge is 2.35. The van der Waals surface area contributed by atoms with E-state index in [0.717, 1.165) is 42.3 Å². The number of hydrogen-bond acceptors (Lipinski definition) is 5. The first-order chi connectivity index (χ1) is 14.8. The quantitative estimate of drug-likeness (QED) is 0.682. The first kappa shape index (κ1) is 20.0. The van der Waals surface area contributed by atoms with Crippen molar-refractivity contribution in [1.29, 1.82) is 0 Å². The summed E-state index contributed by atoms with van der Waals surface area (Å²) in [5.74, 6) is 0.257. The van der Waals surface area contributed by atoms with Crippen molar-refractivity contribution in [2.45, 2.75) is 32.0 Å². The van der Waals surface area contributed by atoms with Gasteiger partial charge in [-0.15, -0.1) is 0 Å². The third-order valence-electron chi connectivity index (χ3n) is 5.56. The van der Waals surface area contributed by atoms with E-state index in [1.165, 1.54) is 10.1 Å². The molecule has 0 saturated carbocycles. The maximum Gasteiger partial charge on any atom is 0.434 e. The van der Waals surface area contributed by atoms with E-state index in [4.69, 9.17) is 11.6 Å². The molecular weight excluding hydrogens is 429 g/mol. The lowest BCUT2D eigenvalue weighted by atomic mass is 10.0. The zero-order valence-electron chi connectivity index (χ0n) is 16.6. The first-order valence-electron chi connectivity index (χ1n) is 9.86. The minimum absolute atomic E-state index is 0.257. The summed E-state index contributed by atoms with van der Waals surface area (Å²) in [5.41, 5.74) is 4.64. The normalized spacial score (nSPS) is 18.5. The number of aliphatic imine (C=N–C) groups is 1. The summed E-state index contributed by atoms with van der Waals surface area (Å²) in [5, 5.41) is 11.3. The molecule has 0 atom stereocenters. The van der Waals surface area contributed by atoms with Crippen LogP contribution in [0, 0.1) is 0 Å². The Morgan fingerprint density at radius 3 is 2.55 bits per heavy atom. The van der Waals surface area contributed by atoms with Gasteiger partial charge >= 0.3 is 6.18 Å². The molecule has 0 bridgehead atoms. The lowest BCUT2D eigenvalue weighted by Crippen LogP contribution is -2.27. The number of imidazole rings is 1. The van der Waals surface area contributed by atoms with Crippen molar-refractivity contribution in [3.05, 3.63) is 52.9 Å². The smallest absolute Gasteiger partial charge is 0.333 e. The van der Waals surface area contributed by atoms with Crippen LogP contribution in [-0.4, -0.2) is 37.8 Å². The SMILES string of the molecule is Cn1cc(C(F)(F)F)nc1-c1ccc(CN2N=C3CCC4=C3C(=N2)C(Cl)=NCC4)cc1. The molecule has 0 spiro atoms. The standard InChI is InChI=1S/C21H18ClF3N6/c1-30-11-16(21(23,24)25)27-20(30)14-4-2-12(3-5-14)10-31-28-15-7-6-13-8-9-26-19(22)18(29-31)17(13)15/h2-5,11H,6-10H2,1H3. The molecule has 5 rings (SSSR count). The van der Waals surface area contributed by atoms with Gasteiger partial charge < -0.3 is 4.57 Å². The molecule has 0 amide bonds. The second kappa shape index (κ2) is 7.33. The third kappa shape index (κ3) is 3.67. The van der Waals surface area contributed by atoms with E-state index in [-0.39, 0.29) is 5.82 Å². The molecule has 160 valence electrons. The number of hydrogen-bond donors (Lipinski definition) is 0. The van der Waals surface area contributed by atoms with Crippen LogP contribution in [-0.2, 0) is 19.8 Å². The van der Waals surface area contributed by atoms with Gasteiger partial charge in [0.05, 0.1) is 12.3 Å². The zero-order valence-corrected chi connectivity index (χ0v) is 17.4. The summed E-state index contributed by atoms with van der Waals surface area (Å²) in [6, 6.07) is 7.18. The van der Waals surface area contributed by atoms with E-state index in [1.807, 2.05) is 12.1 Å². The molecule has 1 aromatic carbocycles. The average Bonchev–Trinajstić information content (AvgIpc) is 3.27. The summed E-state index contributed by atoms with van der Waals surface area (Å²) in [4.78, 5) is 8.12. The Morgan fingerprint density at radius 1 is 1.06 bits per heavy atom. The molecule has 31 heavy (non-hydrogen) atoms.